The molecule has 0 aliphatic carbocycles. The predicted octanol–water partition coefficient (Wildman–Crippen LogP) is 1.70. The number of anilines is 1. The van der Waals surface area contributed by atoms with Gasteiger partial charge in [0, 0.05) is 19.1 Å². The van der Waals surface area contributed by atoms with Gasteiger partial charge in [-0.25, -0.2) is 0 Å². The van der Waals surface area contributed by atoms with Crippen molar-refractivity contribution in [1.29, 1.82) is 0 Å². The van der Waals surface area contributed by atoms with Crippen molar-refractivity contribution in [3.8, 4) is 0 Å². The lowest BCUT2D eigenvalue weighted by molar-refractivity contribution is 0.0784. The number of likely N-dealkylation sites (N-methyl/N-ethyl adjacent to an activating group) is 1. The van der Waals surface area contributed by atoms with Gasteiger partial charge in [-0.2, -0.15) is 0 Å². The number of carbonyl (C=O) groups excluding carboxylic acids is 1. The Morgan fingerprint density at radius 3 is 2.83 bits per heavy atom. The quantitative estimate of drug-likeness (QED) is 0.830. The molecule has 0 radical (unpaired) electrons. The molecule has 1 saturated heterocycles. The Bertz CT molecular complexity index is 462. The fraction of sp³-hybridized carbons (Fsp3) is 0.462. The van der Waals surface area contributed by atoms with Gasteiger partial charge in [0.1, 0.15) is 0 Å². The van der Waals surface area contributed by atoms with Crippen LogP contribution in [0.2, 0.25) is 5.02 Å². The van der Waals surface area contributed by atoms with Gasteiger partial charge in [-0.3, -0.25) is 4.79 Å². The summed E-state index contributed by atoms with van der Waals surface area (Å²) in [6.45, 7) is 1.52. The SMILES string of the molecule is CN(C)C1CCN(C(=O)c2cccc(Cl)c2N)C1. The van der Waals surface area contributed by atoms with E-state index in [1.807, 2.05) is 19.0 Å². The number of para-hydroxylation sites is 1. The molecule has 1 amide bonds. The second-order valence-electron chi connectivity index (χ2n) is 4.86. The number of hydrogen-bond donors (Lipinski definition) is 1. The standard InChI is InChI=1S/C13H18ClN3O/c1-16(2)9-6-7-17(8-9)13(18)10-4-3-5-11(14)12(10)15/h3-5,9H,6-8,15H2,1-2H3. The number of halogens is 1. The fourth-order valence-electron chi connectivity index (χ4n) is 2.24. The van der Waals surface area contributed by atoms with Gasteiger partial charge >= 0.3 is 0 Å². The van der Waals surface area contributed by atoms with E-state index < -0.39 is 0 Å². The number of nitrogen functional groups attached to an aromatic ring is 1. The first-order valence-corrected chi connectivity index (χ1v) is 6.38. The molecule has 1 aliphatic heterocycles. The molecule has 0 bridgehead atoms. The summed E-state index contributed by atoms with van der Waals surface area (Å²) < 4.78 is 0. The molecule has 0 spiro atoms. The van der Waals surface area contributed by atoms with Gasteiger partial charge in [0.2, 0.25) is 0 Å². The third kappa shape index (κ3) is 2.44. The summed E-state index contributed by atoms with van der Waals surface area (Å²) in [7, 11) is 4.07. The van der Waals surface area contributed by atoms with Crippen molar-refractivity contribution in [2.45, 2.75) is 12.5 Å². The van der Waals surface area contributed by atoms with E-state index in [4.69, 9.17) is 17.3 Å². The Morgan fingerprint density at radius 1 is 1.50 bits per heavy atom. The molecule has 1 aliphatic rings. The third-order valence-corrected chi connectivity index (χ3v) is 3.79. The molecule has 1 atom stereocenters. The summed E-state index contributed by atoms with van der Waals surface area (Å²) in [6.07, 6.45) is 0.999. The molecular weight excluding hydrogens is 250 g/mol. The van der Waals surface area contributed by atoms with Gasteiger partial charge in [-0.05, 0) is 32.6 Å². The molecule has 1 fully saturated rings. The van der Waals surface area contributed by atoms with Crippen LogP contribution in [0, 0.1) is 0 Å². The van der Waals surface area contributed by atoms with Gasteiger partial charge in [0.15, 0.2) is 0 Å². The summed E-state index contributed by atoms with van der Waals surface area (Å²) in [4.78, 5) is 16.3. The topological polar surface area (TPSA) is 49.6 Å². The molecular formula is C13H18ClN3O. The van der Waals surface area contributed by atoms with Crippen molar-refractivity contribution in [1.82, 2.24) is 9.80 Å². The first kappa shape index (κ1) is 13.2. The number of carbonyl (C=O) groups is 1. The first-order chi connectivity index (χ1) is 8.50. The van der Waals surface area contributed by atoms with E-state index in [9.17, 15) is 4.79 Å². The molecule has 18 heavy (non-hydrogen) atoms. The lowest BCUT2D eigenvalue weighted by atomic mass is 10.1. The van der Waals surface area contributed by atoms with Crippen LogP contribution in [-0.2, 0) is 0 Å². The zero-order valence-corrected chi connectivity index (χ0v) is 11.4. The van der Waals surface area contributed by atoms with Gasteiger partial charge in [0.25, 0.3) is 5.91 Å². The molecule has 4 nitrogen and oxygen atoms in total. The van der Waals surface area contributed by atoms with Crippen LogP contribution in [-0.4, -0.2) is 48.9 Å². The fourth-order valence-corrected chi connectivity index (χ4v) is 2.42. The zero-order valence-electron chi connectivity index (χ0n) is 10.7. The summed E-state index contributed by atoms with van der Waals surface area (Å²) in [5.74, 6) is -0.0284. The first-order valence-electron chi connectivity index (χ1n) is 6.00. The lowest BCUT2D eigenvalue weighted by Crippen LogP contribution is -2.34. The van der Waals surface area contributed by atoms with Crippen molar-refractivity contribution < 1.29 is 4.79 Å². The van der Waals surface area contributed by atoms with Crippen molar-refractivity contribution in [2.24, 2.45) is 0 Å². The highest BCUT2D eigenvalue weighted by molar-refractivity contribution is 6.33. The number of benzene rings is 1. The second kappa shape index (κ2) is 5.16. The van der Waals surface area contributed by atoms with Crippen molar-refractivity contribution >= 4 is 23.2 Å². The van der Waals surface area contributed by atoms with Gasteiger partial charge < -0.3 is 15.5 Å². The highest BCUT2D eigenvalue weighted by Gasteiger charge is 2.29. The van der Waals surface area contributed by atoms with Crippen LogP contribution in [0.5, 0.6) is 0 Å². The van der Waals surface area contributed by atoms with E-state index in [0.29, 0.717) is 22.3 Å². The van der Waals surface area contributed by atoms with Crippen molar-refractivity contribution in [3.05, 3.63) is 28.8 Å². The molecule has 2 N–H and O–H groups in total. The molecule has 1 aromatic rings. The molecule has 98 valence electrons. The average Bonchev–Trinajstić information content (AvgIpc) is 2.81. The van der Waals surface area contributed by atoms with E-state index >= 15 is 0 Å². The van der Waals surface area contributed by atoms with Gasteiger partial charge in [-0.1, -0.05) is 17.7 Å². The highest BCUT2D eigenvalue weighted by atomic mass is 35.5. The maximum absolute atomic E-state index is 12.4. The van der Waals surface area contributed by atoms with Gasteiger partial charge in [-0.15, -0.1) is 0 Å². The van der Waals surface area contributed by atoms with Crippen LogP contribution in [0.25, 0.3) is 0 Å². The van der Waals surface area contributed by atoms with Crippen molar-refractivity contribution in [3.63, 3.8) is 0 Å². The largest absolute Gasteiger partial charge is 0.397 e. The highest BCUT2D eigenvalue weighted by Crippen LogP contribution is 2.25. The number of nitrogens with zero attached hydrogens (tertiary/aromatic N) is 2. The second-order valence-corrected chi connectivity index (χ2v) is 5.27. The maximum Gasteiger partial charge on any atom is 0.256 e. The Labute approximate surface area is 112 Å². The minimum atomic E-state index is -0.0284. The van der Waals surface area contributed by atoms with Crippen molar-refractivity contribution in [2.75, 3.05) is 32.9 Å². The van der Waals surface area contributed by atoms with Crippen LogP contribution in [0.4, 0.5) is 5.69 Å². The minimum Gasteiger partial charge on any atom is -0.397 e. The average molecular weight is 268 g/mol. The normalized spacial score (nSPS) is 19.6. The monoisotopic (exact) mass is 267 g/mol. The number of amides is 1. The molecule has 1 heterocycles. The molecule has 1 unspecified atom stereocenters. The van der Waals surface area contributed by atoms with Gasteiger partial charge in [0.05, 0.1) is 16.3 Å². The van der Waals surface area contributed by atoms with E-state index in [0.717, 1.165) is 19.5 Å². The molecule has 1 aromatic carbocycles. The van der Waals surface area contributed by atoms with E-state index in [-0.39, 0.29) is 5.91 Å². The molecule has 0 aromatic heterocycles. The minimum absolute atomic E-state index is 0.0284. The Hall–Kier alpha value is -1.26. The summed E-state index contributed by atoms with van der Waals surface area (Å²) >= 11 is 5.94. The van der Waals surface area contributed by atoms with E-state index in [2.05, 4.69) is 4.90 Å². The lowest BCUT2D eigenvalue weighted by Gasteiger charge is -2.21. The number of hydrogen-bond acceptors (Lipinski definition) is 3. The third-order valence-electron chi connectivity index (χ3n) is 3.46. The zero-order chi connectivity index (χ0) is 13.3. The summed E-state index contributed by atoms with van der Waals surface area (Å²) in [6, 6.07) is 5.60. The smallest absolute Gasteiger partial charge is 0.256 e. The Morgan fingerprint density at radius 2 is 2.22 bits per heavy atom. The molecule has 2 rings (SSSR count). The summed E-state index contributed by atoms with van der Waals surface area (Å²) in [5.41, 5.74) is 6.73. The van der Waals surface area contributed by atoms with Crippen LogP contribution < -0.4 is 5.73 Å². The van der Waals surface area contributed by atoms with Crippen LogP contribution in [0.3, 0.4) is 0 Å². The number of likely N-dealkylation sites (tertiary alicyclic amines) is 1. The van der Waals surface area contributed by atoms with E-state index in [1.54, 1.807) is 18.2 Å². The van der Waals surface area contributed by atoms with Crippen LogP contribution in [0.15, 0.2) is 18.2 Å². The Balaban J connectivity index is 2.16. The van der Waals surface area contributed by atoms with Crippen LogP contribution in [0.1, 0.15) is 16.8 Å². The van der Waals surface area contributed by atoms with Crippen LogP contribution >= 0.6 is 11.6 Å². The van der Waals surface area contributed by atoms with E-state index in [1.165, 1.54) is 0 Å². The molecule has 0 saturated carbocycles. The number of nitrogens with two attached hydrogens (primary N) is 1. The number of rotatable bonds is 2. The molecule has 5 heteroatoms. The summed E-state index contributed by atoms with van der Waals surface area (Å²) in [5, 5.41) is 0.434. The predicted molar refractivity (Wildman–Crippen MR) is 73.9 cm³/mol. The maximum atomic E-state index is 12.4. The Kier molecular flexibility index (Phi) is 3.78.